The van der Waals surface area contributed by atoms with E-state index in [-0.39, 0.29) is 26.1 Å². The van der Waals surface area contributed by atoms with Gasteiger partial charge in [0.25, 0.3) is 7.82 Å². The molecular formula is C48H80NO9P. The molecule has 0 spiro atoms. The molecule has 0 fully saturated rings. The van der Waals surface area contributed by atoms with Crippen LogP contribution in [0.15, 0.2) is 97.2 Å². The van der Waals surface area contributed by atoms with Gasteiger partial charge in [-0.05, 0) is 77.0 Å². The molecular weight excluding hydrogens is 765 g/mol. The zero-order chi connectivity index (χ0) is 43.7. The highest BCUT2D eigenvalue weighted by atomic mass is 31.2. The second-order valence-electron chi connectivity index (χ2n) is 15.5. The minimum absolute atomic E-state index is 0.0614. The Bertz CT molecular complexity index is 1340. The highest BCUT2D eigenvalue weighted by Gasteiger charge is 2.21. The number of hydrogen-bond donors (Lipinski definition) is 1. The number of quaternary nitrogens is 1. The molecule has 3 atom stereocenters. The molecule has 59 heavy (non-hydrogen) atoms. The summed E-state index contributed by atoms with van der Waals surface area (Å²) >= 11 is 0. The fraction of sp³-hybridized carbons (Fsp3) is 0.625. The molecule has 10 nitrogen and oxygen atoms in total. The van der Waals surface area contributed by atoms with E-state index in [0.29, 0.717) is 43.1 Å². The first-order chi connectivity index (χ1) is 28.4. The summed E-state index contributed by atoms with van der Waals surface area (Å²) in [7, 11) is 1.06. The fourth-order valence-corrected chi connectivity index (χ4v) is 5.92. The number of hydrogen-bond acceptors (Lipinski definition) is 9. The third kappa shape index (κ3) is 42.8. The quantitative estimate of drug-likeness (QED) is 0.0161. The molecule has 0 aromatic heterocycles. The van der Waals surface area contributed by atoms with Gasteiger partial charge in [-0.15, -0.1) is 0 Å². The van der Waals surface area contributed by atoms with Crippen molar-refractivity contribution >= 4 is 19.8 Å². The Kier molecular flexibility index (Phi) is 37.0. The van der Waals surface area contributed by atoms with Gasteiger partial charge in [-0.2, -0.15) is 0 Å². The zero-order valence-electron chi connectivity index (χ0n) is 37.3. The lowest BCUT2D eigenvalue weighted by Gasteiger charge is -2.28. The van der Waals surface area contributed by atoms with Gasteiger partial charge in [0, 0.05) is 12.8 Å². The van der Waals surface area contributed by atoms with Crippen LogP contribution in [0.3, 0.4) is 0 Å². The van der Waals surface area contributed by atoms with Gasteiger partial charge in [-0.1, -0.05) is 143 Å². The molecule has 0 saturated carbocycles. The molecule has 0 aromatic rings. The molecule has 0 bridgehead atoms. The Balaban J connectivity index is 4.59. The Morgan fingerprint density at radius 3 is 1.76 bits per heavy atom. The van der Waals surface area contributed by atoms with Crippen molar-refractivity contribution in [1.29, 1.82) is 0 Å². The van der Waals surface area contributed by atoms with E-state index in [9.17, 15) is 24.2 Å². The Hall–Kier alpha value is -3.11. The van der Waals surface area contributed by atoms with Crippen molar-refractivity contribution in [2.24, 2.45) is 0 Å². The van der Waals surface area contributed by atoms with Crippen LogP contribution < -0.4 is 4.89 Å². The van der Waals surface area contributed by atoms with Gasteiger partial charge in [0.2, 0.25) is 0 Å². The number of phosphoric ester groups is 1. The monoisotopic (exact) mass is 846 g/mol. The Morgan fingerprint density at radius 2 is 1.17 bits per heavy atom. The zero-order valence-corrected chi connectivity index (χ0v) is 38.2. The second kappa shape index (κ2) is 39.1. The van der Waals surface area contributed by atoms with Gasteiger partial charge in [0.1, 0.15) is 19.8 Å². The van der Waals surface area contributed by atoms with Crippen molar-refractivity contribution in [3.63, 3.8) is 0 Å². The van der Waals surface area contributed by atoms with E-state index in [4.69, 9.17) is 18.5 Å². The predicted octanol–water partition coefficient (Wildman–Crippen LogP) is 10.9. The van der Waals surface area contributed by atoms with E-state index >= 15 is 0 Å². The summed E-state index contributed by atoms with van der Waals surface area (Å²) in [5.41, 5.74) is 0. The average Bonchev–Trinajstić information content (AvgIpc) is 3.18. The maximum Gasteiger partial charge on any atom is 0.306 e. The number of rotatable bonds is 38. The summed E-state index contributed by atoms with van der Waals surface area (Å²) in [6.45, 7) is 3.81. The smallest absolute Gasteiger partial charge is 0.306 e. The van der Waals surface area contributed by atoms with Gasteiger partial charge >= 0.3 is 11.9 Å². The van der Waals surface area contributed by atoms with E-state index in [1.807, 2.05) is 82.8 Å². The molecule has 0 aliphatic heterocycles. The van der Waals surface area contributed by atoms with E-state index in [1.54, 1.807) is 0 Å². The third-order valence-electron chi connectivity index (χ3n) is 8.66. The average molecular weight is 846 g/mol. The van der Waals surface area contributed by atoms with Crippen LogP contribution in [0.4, 0.5) is 0 Å². The van der Waals surface area contributed by atoms with Crippen LogP contribution in [0, 0.1) is 0 Å². The first-order valence-corrected chi connectivity index (χ1v) is 23.5. The van der Waals surface area contributed by atoms with Crippen molar-refractivity contribution in [1.82, 2.24) is 0 Å². The van der Waals surface area contributed by atoms with Crippen molar-refractivity contribution in [3.8, 4) is 0 Å². The molecule has 1 N–H and O–H groups in total. The van der Waals surface area contributed by atoms with Gasteiger partial charge < -0.3 is 33.0 Å². The first-order valence-electron chi connectivity index (χ1n) is 22.1. The van der Waals surface area contributed by atoms with E-state index in [2.05, 4.69) is 49.5 Å². The highest BCUT2D eigenvalue weighted by molar-refractivity contribution is 7.45. The number of aliphatic hydroxyl groups is 1. The molecule has 11 heteroatoms. The summed E-state index contributed by atoms with van der Waals surface area (Å²) < 4.78 is 33.7. The number of aliphatic hydroxyl groups excluding tert-OH is 1. The van der Waals surface area contributed by atoms with Gasteiger partial charge in [-0.25, -0.2) is 0 Å². The van der Waals surface area contributed by atoms with Gasteiger partial charge in [0.05, 0.1) is 33.9 Å². The minimum atomic E-state index is -4.67. The van der Waals surface area contributed by atoms with Crippen LogP contribution in [-0.4, -0.2) is 81.2 Å². The highest BCUT2D eigenvalue weighted by Crippen LogP contribution is 2.38. The molecule has 336 valence electrons. The first kappa shape index (κ1) is 55.9. The number of allylic oxidation sites excluding steroid dienone is 14. The van der Waals surface area contributed by atoms with Gasteiger partial charge in [-0.3, -0.25) is 14.2 Å². The second-order valence-corrected chi connectivity index (χ2v) is 16.9. The maximum absolute atomic E-state index is 12.7. The number of ether oxygens (including phenoxy) is 2. The van der Waals surface area contributed by atoms with E-state index < -0.39 is 38.6 Å². The van der Waals surface area contributed by atoms with Crippen molar-refractivity contribution in [2.45, 2.75) is 148 Å². The largest absolute Gasteiger partial charge is 0.756 e. The van der Waals surface area contributed by atoms with Crippen molar-refractivity contribution in [3.05, 3.63) is 97.2 Å². The molecule has 0 heterocycles. The number of esters is 2. The summed E-state index contributed by atoms with van der Waals surface area (Å²) in [6, 6.07) is 0. The molecule has 0 aliphatic rings. The third-order valence-corrected chi connectivity index (χ3v) is 9.63. The molecule has 0 aromatic carbocycles. The number of nitrogens with zero attached hydrogens (tertiary/aromatic N) is 1. The van der Waals surface area contributed by atoms with Crippen LogP contribution in [-0.2, 0) is 32.7 Å². The summed E-state index contributed by atoms with van der Waals surface area (Å²) in [6.07, 6.45) is 47.9. The minimum Gasteiger partial charge on any atom is -0.756 e. The molecule has 0 aliphatic carbocycles. The molecule has 0 radical (unpaired) electrons. The topological polar surface area (TPSA) is 131 Å². The normalized spacial score (nSPS) is 15.0. The van der Waals surface area contributed by atoms with Crippen molar-refractivity contribution < 1.29 is 47.2 Å². The molecule has 0 saturated heterocycles. The number of unbranched alkanes of at least 4 members (excludes halogenated alkanes) is 8. The lowest BCUT2D eigenvalue weighted by atomic mass is 10.1. The standard InChI is InChI=1S/C48H80NO9P/c1-6-8-10-11-12-13-14-15-16-17-18-19-24-27-30-33-36-40-48(52)58-46(44-57-59(53,54)56-42-41-49(3,4)5)43-55-47(51)39-35-32-29-26-23-21-20-22-25-28-31-34-38-45(50)37-9-7-2/h9,15-16,18-21,25-31,34,37,45-46,50H,6-8,10-14,17,22-24,32-33,35-36,38-44H2,1-5H3/b16-15-,19-18-,21-20-,28-25-,29-26-,30-27-,34-31+,37-9-/t45?,46-/m1/s1. The van der Waals surface area contributed by atoms with E-state index in [1.165, 1.54) is 38.5 Å². The van der Waals surface area contributed by atoms with Crippen LogP contribution in [0.1, 0.15) is 136 Å². The van der Waals surface area contributed by atoms with Crippen LogP contribution >= 0.6 is 7.82 Å². The van der Waals surface area contributed by atoms with Crippen LogP contribution in [0.25, 0.3) is 0 Å². The Morgan fingerprint density at radius 1 is 0.644 bits per heavy atom. The fourth-order valence-electron chi connectivity index (χ4n) is 5.20. The SMILES string of the molecule is CC/C=C\C(O)C/C=C/C=C\C/C=C\C/C=C\CCCC(=O)OC[C@H](COP(=O)([O-])OCC[N+](C)(C)C)OC(=O)CCC/C=C\C/C=C\C/C=C\CCCCCCCC. The lowest BCUT2D eigenvalue weighted by Crippen LogP contribution is -2.37. The summed E-state index contributed by atoms with van der Waals surface area (Å²) in [5, 5.41) is 9.77. The number of carbonyl (C=O) groups excluding carboxylic acids is 2. The summed E-state index contributed by atoms with van der Waals surface area (Å²) in [4.78, 5) is 37.5. The number of likely N-dealkylation sites (N-methyl/N-ethyl adjacent to an activating group) is 1. The number of phosphoric acid groups is 1. The summed E-state index contributed by atoms with van der Waals surface area (Å²) in [5.74, 6) is -0.999. The van der Waals surface area contributed by atoms with Crippen LogP contribution in [0.2, 0.25) is 0 Å². The maximum atomic E-state index is 12.7. The molecule has 0 rings (SSSR count). The van der Waals surface area contributed by atoms with Crippen molar-refractivity contribution in [2.75, 3.05) is 47.5 Å². The molecule has 2 unspecified atom stereocenters. The van der Waals surface area contributed by atoms with Crippen LogP contribution in [0.5, 0.6) is 0 Å². The van der Waals surface area contributed by atoms with E-state index in [0.717, 1.165) is 38.5 Å². The predicted molar refractivity (Wildman–Crippen MR) is 241 cm³/mol. The molecule has 0 amide bonds. The van der Waals surface area contributed by atoms with Gasteiger partial charge in [0.15, 0.2) is 6.10 Å². The lowest BCUT2D eigenvalue weighted by molar-refractivity contribution is -0.870. The Labute approximate surface area is 358 Å². The number of carbonyl (C=O) groups is 2.